The molecule has 0 aromatic rings. The van der Waals surface area contributed by atoms with Gasteiger partial charge in [0.2, 0.25) is 0 Å². The Morgan fingerprint density at radius 1 is 1.04 bits per heavy atom. The fraction of sp³-hybridized carbons (Fsp3) is 0.917. The monoisotopic (exact) mass is 358 g/mol. The average molecular weight is 359 g/mol. The van der Waals surface area contributed by atoms with Crippen molar-refractivity contribution in [1.29, 1.82) is 0 Å². The van der Waals surface area contributed by atoms with E-state index >= 15 is 0 Å². The number of hydrogen-bond donors (Lipinski definition) is 0. The molecule has 146 valence electrons. The molecule has 1 aliphatic heterocycles. The van der Waals surface area contributed by atoms with E-state index in [1.807, 2.05) is 0 Å². The SMILES string of the molecule is C/C=C1/CCC23CC1CC2CCC1[C@]2(C)COC(C)(C)OC2CC[C@@]13C. The van der Waals surface area contributed by atoms with Crippen molar-refractivity contribution in [3.8, 4) is 0 Å². The van der Waals surface area contributed by atoms with Crippen LogP contribution in [0, 0.1) is 34.0 Å². The van der Waals surface area contributed by atoms with E-state index in [1.54, 1.807) is 5.57 Å². The second-order valence-corrected chi connectivity index (χ2v) is 11.2. The Labute approximate surface area is 160 Å². The summed E-state index contributed by atoms with van der Waals surface area (Å²) in [4.78, 5) is 0. The molecular formula is C24H38O2. The first-order valence-corrected chi connectivity index (χ1v) is 11.2. The van der Waals surface area contributed by atoms with Gasteiger partial charge in [-0.1, -0.05) is 25.5 Å². The second-order valence-electron chi connectivity index (χ2n) is 11.2. The van der Waals surface area contributed by atoms with Gasteiger partial charge in [0.25, 0.3) is 0 Å². The van der Waals surface area contributed by atoms with Crippen LogP contribution in [0.1, 0.15) is 86.0 Å². The fourth-order valence-electron chi connectivity index (χ4n) is 8.77. The van der Waals surface area contributed by atoms with Gasteiger partial charge in [-0.3, -0.25) is 0 Å². The summed E-state index contributed by atoms with van der Waals surface area (Å²) in [5, 5.41) is 0. The molecule has 0 aromatic heterocycles. The summed E-state index contributed by atoms with van der Waals surface area (Å²) in [6.45, 7) is 12.5. The van der Waals surface area contributed by atoms with Gasteiger partial charge < -0.3 is 9.47 Å². The van der Waals surface area contributed by atoms with Crippen molar-refractivity contribution < 1.29 is 9.47 Å². The van der Waals surface area contributed by atoms with Crippen LogP contribution >= 0.6 is 0 Å². The topological polar surface area (TPSA) is 18.5 Å². The van der Waals surface area contributed by atoms with Gasteiger partial charge in [-0.05, 0) is 101 Å². The number of ether oxygens (including phenoxy) is 2. The summed E-state index contributed by atoms with van der Waals surface area (Å²) in [6, 6.07) is 0. The number of fused-ring (bicyclic) bond motifs is 4. The molecule has 4 saturated carbocycles. The van der Waals surface area contributed by atoms with E-state index in [0.29, 0.717) is 16.9 Å². The summed E-state index contributed by atoms with van der Waals surface area (Å²) in [7, 11) is 0. The van der Waals surface area contributed by atoms with Crippen molar-refractivity contribution in [2.24, 2.45) is 34.0 Å². The Hall–Kier alpha value is -0.340. The minimum absolute atomic E-state index is 0.196. The number of allylic oxidation sites excluding steroid dienone is 2. The highest BCUT2D eigenvalue weighted by atomic mass is 16.7. The zero-order valence-electron chi connectivity index (χ0n) is 17.6. The van der Waals surface area contributed by atoms with Crippen molar-refractivity contribution in [3.05, 3.63) is 11.6 Å². The van der Waals surface area contributed by atoms with Crippen molar-refractivity contribution in [2.45, 2.75) is 97.9 Å². The molecule has 5 aliphatic rings. The third kappa shape index (κ3) is 2.07. The first-order valence-electron chi connectivity index (χ1n) is 11.2. The zero-order chi connectivity index (χ0) is 18.4. The minimum Gasteiger partial charge on any atom is -0.350 e. The lowest BCUT2D eigenvalue weighted by molar-refractivity contribution is -0.351. The zero-order valence-corrected chi connectivity index (χ0v) is 17.6. The van der Waals surface area contributed by atoms with Crippen molar-refractivity contribution in [1.82, 2.24) is 0 Å². The first kappa shape index (κ1) is 17.7. The van der Waals surface area contributed by atoms with Crippen molar-refractivity contribution in [3.63, 3.8) is 0 Å². The maximum Gasteiger partial charge on any atom is 0.163 e. The van der Waals surface area contributed by atoms with Crippen molar-refractivity contribution >= 4 is 0 Å². The summed E-state index contributed by atoms with van der Waals surface area (Å²) in [5.74, 6) is 2.20. The molecule has 2 heteroatoms. The lowest BCUT2D eigenvalue weighted by Crippen LogP contribution is -2.66. The van der Waals surface area contributed by atoms with Gasteiger partial charge in [-0.25, -0.2) is 0 Å². The third-order valence-corrected chi connectivity index (χ3v) is 10.0. The highest BCUT2D eigenvalue weighted by Gasteiger charge is 2.69. The largest absolute Gasteiger partial charge is 0.350 e. The molecule has 5 rings (SSSR count). The van der Waals surface area contributed by atoms with Crippen LogP contribution in [-0.4, -0.2) is 18.5 Å². The van der Waals surface area contributed by atoms with Crippen LogP contribution in [0.15, 0.2) is 11.6 Å². The van der Waals surface area contributed by atoms with Gasteiger partial charge in [0.1, 0.15) is 0 Å². The highest BCUT2D eigenvalue weighted by molar-refractivity contribution is 5.24. The van der Waals surface area contributed by atoms with Gasteiger partial charge in [-0.15, -0.1) is 0 Å². The van der Waals surface area contributed by atoms with Crippen LogP contribution in [0.5, 0.6) is 0 Å². The van der Waals surface area contributed by atoms with Gasteiger partial charge in [0, 0.05) is 5.41 Å². The molecule has 7 atom stereocenters. The quantitative estimate of drug-likeness (QED) is 0.487. The first-order chi connectivity index (χ1) is 12.2. The van der Waals surface area contributed by atoms with E-state index < -0.39 is 5.79 Å². The molecule has 5 fully saturated rings. The Balaban J connectivity index is 1.52. The predicted molar refractivity (Wildman–Crippen MR) is 105 cm³/mol. The standard InChI is InChI=1S/C24H38O2/c1-6-16-9-12-24-14-17(16)13-18(24)7-8-19-22(4)15-25-21(2,3)26-20(22)10-11-23(19,24)5/h6,17-20H,7-15H2,1-5H3/b16-6-/t17?,18?,19?,20?,22-,23-,24?/m0/s1. The van der Waals surface area contributed by atoms with E-state index in [1.165, 1.54) is 51.4 Å². The lowest BCUT2D eigenvalue weighted by Gasteiger charge is -2.68. The molecule has 0 N–H and O–H groups in total. The summed E-state index contributed by atoms with van der Waals surface area (Å²) >= 11 is 0. The lowest BCUT2D eigenvalue weighted by atomic mass is 9.39. The fourth-order valence-corrected chi connectivity index (χ4v) is 8.77. The highest BCUT2D eigenvalue weighted by Crippen LogP contribution is 2.75. The second kappa shape index (κ2) is 5.38. The molecule has 26 heavy (non-hydrogen) atoms. The summed E-state index contributed by atoms with van der Waals surface area (Å²) in [6.07, 6.45) is 14.0. The molecule has 2 bridgehead atoms. The average Bonchev–Trinajstić information content (AvgIpc) is 2.90. The van der Waals surface area contributed by atoms with Crippen LogP contribution in [0.2, 0.25) is 0 Å². The van der Waals surface area contributed by atoms with E-state index in [0.717, 1.165) is 24.4 Å². The Kier molecular flexibility index (Phi) is 3.67. The maximum atomic E-state index is 6.49. The normalized spacial score (nSPS) is 56.6. The Morgan fingerprint density at radius 3 is 2.62 bits per heavy atom. The van der Waals surface area contributed by atoms with Gasteiger partial charge in [0.15, 0.2) is 5.79 Å². The van der Waals surface area contributed by atoms with E-state index in [9.17, 15) is 0 Å². The third-order valence-electron chi connectivity index (χ3n) is 10.0. The maximum absolute atomic E-state index is 6.49. The van der Waals surface area contributed by atoms with Gasteiger partial charge in [0.05, 0.1) is 12.7 Å². The molecule has 0 radical (unpaired) electrons. The molecule has 4 aliphatic carbocycles. The number of rotatable bonds is 0. The molecule has 1 heterocycles. The molecule has 5 unspecified atom stereocenters. The molecular weight excluding hydrogens is 320 g/mol. The predicted octanol–water partition coefficient (Wildman–Crippen LogP) is 6.11. The molecule has 0 aromatic carbocycles. The Morgan fingerprint density at radius 2 is 1.85 bits per heavy atom. The summed E-state index contributed by atoms with van der Waals surface area (Å²) < 4.78 is 12.7. The number of hydrogen-bond acceptors (Lipinski definition) is 2. The van der Waals surface area contributed by atoms with E-state index in [2.05, 4.69) is 40.7 Å². The van der Waals surface area contributed by atoms with Crippen LogP contribution in [0.25, 0.3) is 0 Å². The molecule has 2 nitrogen and oxygen atoms in total. The van der Waals surface area contributed by atoms with Crippen LogP contribution < -0.4 is 0 Å². The van der Waals surface area contributed by atoms with Gasteiger partial charge in [-0.2, -0.15) is 0 Å². The molecule has 0 amide bonds. The van der Waals surface area contributed by atoms with Crippen LogP contribution in [0.4, 0.5) is 0 Å². The van der Waals surface area contributed by atoms with E-state index in [-0.39, 0.29) is 5.41 Å². The molecule has 1 spiro atoms. The minimum atomic E-state index is -0.405. The van der Waals surface area contributed by atoms with Crippen LogP contribution in [0.3, 0.4) is 0 Å². The van der Waals surface area contributed by atoms with Gasteiger partial charge >= 0.3 is 0 Å². The van der Waals surface area contributed by atoms with Crippen molar-refractivity contribution in [2.75, 3.05) is 6.61 Å². The Bertz CT molecular complexity index is 636. The smallest absolute Gasteiger partial charge is 0.163 e. The summed E-state index contributed by atoms with van der Waals surface area (Å²) in [5.41, 5.74) is 3.04. The van der Waals surface area contributed by atoms with Crippen LogP contribution in [-0.2, 0) is 9.47 Å². The van der Waals surface area contributed by atoms with E-state index in [4.69, 9.17) is 9.47 Å². The molecule has 1 saturated heterocycles.